The molecule has 1 spiro atoms. The van der Waals surface area contributed by atoms with Crippen molar-refractivity contribution in [3.8, 4) is 0 Å². The second kappa shape index (κ2) is 3.54. The number of hydrogen-bond donors (Lipinski definition) is 0. The van der Waals surface area contributed by atoms with Crippen LogP contribution in [-0.4, -0.2) is 0 Å². The fourth-order valence-corrected chi connectivity index (χ4v) is 4.08. The summed E-state index contributed by atoms with van der Waals surface area (Å²) < 4.78 is 0. The summed E-state index contributed by atoms with van der Waals surface area (Å²) >= 11 is 0. The molecule has 0 aromatic rings. The first-order valence-electron chi connectivity index (χ1n) is 6.60. The fourth-order valence-electron chi connectivity index (χ4n) is 4.08. The minimum absolute atomic E-state index is 0.824. The summed E-state index contributed by atoms with van der Waals surface area (Å²) in [4.78, 5) is 0. The van der Waals surface area contributed by atoms with Gasteiger partial charge in [-0.15, -0.1) is 0 Å². The number of rotatable bonds is 3. The molecular weight excluding hydrogens is 168 g/mol. The van der Waals surface area contributed by atoms with Gasteiger partial charge >= 0.3 is 0 Å². The first-order chi connectivity index (χ1) is 6.60. The molecule has 0 heteroatoms. The summed E-state index contributed by atoms with van der Waals surface area (Å²) in [5, 5.41) is 0. The van der Waals surface area contributed by atoms with E-state index in [2.05, 4.69) is 27.7 Å². The molecule has 0 aromatic carbocycles. The van der Waals surface area contributed by atoms with Gasteiger partial charge in [0.15, 0.2) is 0 Å². The van der Waals surface area contributed by atoms with Crippen LogP contribution in [0.25, 0.3) is 0 Å². The van der Waals surface area contributed by atoms with Crippen molar-refractivity contribution >= 4 is 0 Å². The fraction of sp³-hybridized carbons (Fsp3) is 1.00. The molecule has 0 aliphatic heterocycles. The molecule has 2 saturated carbocycles. The SMILES string of the molecule is CCC1CC(C)C2(CC2)C1CC(C)C. The molecule has 3 unspecified atom stereocenters. The van der Waals surface area contributed by atoms with E-state index in [0.717, 1.165) is 29.1 Å². The lowest BCUT2D eigenvalue weighted by Gasteiger charge is -2.27. The lowest BCUT2D eigenvalue weighted by molar-refractivity contribution is 0.221. The average Bonchev–Trinajstić information content (AvgIpc) is 2.86. The third-order valence-corrected chi connectivity index (χ3v) is 5.02. The zero-order valence-electron chi connectivity index (χ0n) is 10.3. The highest BCUT2D eigenvalue weighted by Gasteiger charge is 2.58. The van der Waals surface area contributed by atoms with Crippen molar-refractivity contribution in [1.29, 1.82) is 0 Å². The topological polar surface area (TPSA) is 0 Å². The van der Waals surface area contributed by atoms with Gasteiger partial charge in [-0.25, -0.2) is 0 Å². The monoisotopic (exact) mass is 194 g/mol. The second-order valence-corrected chi connectivity index (χ2v) is 6.27. The van der Waals surface area contributed by atoms with E-state index in [9.17, 15) is 0 Å². The van der Waals surface area contributed by atoms with Crippen LogP contribution in [0.1, 0.15) is 59.8 Å². The summed E-state index contributed by atoms with van der Waals surface area (Å²) in [6.45, 7) is 9.69. The van der Waals surface area contributed by atoms with Crippen LogP contribution in [0, 0.1) is 29.1 Å². The molecule has 0 bridgehead atoms. The van der Waals surface area contributed by atoms with Crippen LogP contribution in [0.2, 0.25) is 0 Å². The zero-order chi connectivity index (χ0) is 10.3. The van der Waals surface area contributed by atoms with Gasteiger partial charge in [0.05, 0.1) is 0 Å². The van der Waals surface area contributed by atoms with Crippen LogP contribution < -0.4 is 0 Å². The molecule has 0 radical (unpaired) electrons. The van der Waals surface area contributed by atoms with E-state index in [1.165, 1.54) is 19.3 Å². The first kappa shape index (κ1) is 10.5. The first-order valence-corrected chi connectivity index (χ1v) is 6.60. The summed E-state index contributed by atoms with van der Waals surface area (Å²) in [6, 6.07) is 0. The van der Waals surface area contributed by atoms with Crippen LogP contribution in [0.3, 0.4) is 0 Å². The van der Waals surface area contributed by atoms with Crippen LogP contribution in [-0.2, 0) is 0 Å². The maximum absolute atomic E-state index is 2.51. The molecule has 0 saturated heterocycles. The predicted molar refractivity (Wildman–Crippen MR) is 62.2 cm³/mol. The molecule has 0 amide bonds. The van der Waals surface area contributed by atoms with Gasteiger partial charge < -0.3 is 0 Å². The lowest BCUT2D eigenvalue weighted by Crippen LogP contribution is -2.19. The van der Waals surface area contributed by atoms with Crippen molar-refractivity contribution in [2.45, 2.75) is 59.8 Å². The highest BCUT2D eigenvalue weighted by Crippen LogP contribution is 2.67. The third kappa shape index (κ3) is 1.51. The quantitative estimate of drug-likeness (QED) is 0.621. The van der Waals surface area contributed by atoms with E-state index in [1.54, 1.807) is 12.8 Å². The molecule has 2 rings (SSSR count). The Hall–Kier alpha value is 0. The highest BCUT2D eigenvalue weighted by molar-refractivity contribution is 5.08. The number of hydrogen-bond acceptors (Lipinski definition) is 0. The molecule has 0 aromatic heterocycles. The Labute approximate surface area is 89.5 Å². The minimum Gasteiger partial charge on any atom is -0.0651 e. The summed E-state index contributed by atoms with van der Waals surface area (Å²) in [6.07, 6.45) is 7.52. The molecule has 14 heavy (non-hydrogen) atoms. The van der Waals surface area contributed by atoms with Crippen molar-refractivity contribution in [3.63, 3.8) is 0 Å². The second-order valence-electron chi connectivity index (χ2n) is 6.27. The van der Waals surface area contributed by atoms with E-state index >= 15 is 0 Å². The van der Waals surface area contributed by atoms with Gasteiger partial charge in [-0.3, -0.25) is 0 Å². The molecule has 3 atom stereocenters. The Morgan fingerprint density at radius 2 is 1.93 bits per heavy atom. The Morgan fingerprint density at radius 3 is 2.36 bits per heavy atom. The van der Waals surface area contributed by atoms with Crippen molar-refractivity contribution in [2.75, 3.05) is 0 Å². The minimum atomic E-state index is 0.824. The summed E-state index contributed by atoms with van der Waals surface area (Å²) in [5.74, 6) is 4.05. The van der Waals surface area contributed by atoms with Crippen LogP contribution in [0.5, 0.6) is 0 Å². The summed E-state index contributed by atoms with van der Waals surface area (Å²) in [7, 11) is 0. The van der Waals surface area contributed by atoms with E-state index in [4.69, 9.17) is 0 Å². The maximum Gasteiger partial charge on any atom is -0.0240 e. The average molecular weight is 194 g/mol. The Morgan fingerprint density at radius 1 is 1.29 bits per heavy atom. The van der Waals surface area contributed by atoms with E-state index in [-0.39, 0.29) is 0 Å². The van der Waals surface area contributed by atoms with E-state index in [0.29, 0.717) is 0 Å². The Kier molecular flexibility index (Phi) is 2.66. The zero-order valence-corrected chi connectivity index (χ0v) is 10.3. The molecule has 0 N–H and O–H groups in total. The smallest absolute Gasteiger partial charge is 0.0240 e. The van der Waals surface area contributed by atoms with Gasteiger partial charge in [0.1, 0.15) is 0 Å². The van der Waals surface area contributed by atoms with E-state index < -0.39 is 0 Å². The van der Waals surface area contributed by atoms with Gasteiger partial charge in [0, 0.05) is 0 Å². The van der Waals surface area contributed by atoms with Crippen LogP contribution in [0.15, 0.2) is 0 Å². The van der Waals surface area contributed by atoms with Crippen molar-refractivity contribution < 1.29 is 0 Å². The normalized spacial score (nSPS) is 39.6. The third-order valence-electron chi connectivity index (χ3n) is 5.02. The molecule has 2 fully saturated rings. The predicted octanol–water partition coefficient (Wildman–Crippen LogP) is 4.49. The van der Waals surface area contributed by atoms with Gasteiger partial charge in [0.25, 0.3) is 0 Å². The molecule has 2 aliphatic carbocycles. The van der Waals surface area contributed by atoms with E-state index in [1.807, 2.05) is 0 Å². The standard InChI is InChI=1S/C14H26/c1-5-12-9-11(4)14(6-7-14)13(12)8-10(2)3/h10-13H,5-9H2,1-4H3. The lowest BCUT2D eigenvalue weighted by atomic mass is 9.78. The largest absolute Gasteiger partial charge is 0.0651 e. The Bertz CT molecular complexity index is 200. The van der Waals surface area contributed by atoms with Crippen LogP contribution in [0.4, 0.5) is 0 Å². The maximum atomic E-state index is 2.51. The molecule has 2 aliphatic rings. The van der Waals surface area contributed by atoms with Crippen molar-refractivity contribution in [3.05, 3.63) is 0 Å². The molecular formula is C14H26. The highest BCUT2D eigenvalue weighted by atomic mass is 14.6. The van der Waals surface area contributed by atoms with Gasteiger partial charge in [-0.1, -0.05) is 34.1 Å². The Balaban J connectivity index is 2.09. The molecule has 82 valence electrons. The molecule has 0 heterocycles. The van der Waals surface area contributed by atoms with Gasteiger partial charge in [-0.2, -0.15) is 0 Å². The van der Waals surface area contributed by atoms with Gasteiger partial charge in [0.2, 0.25) is 0 Å². The van der Waals surface area contributed by atoms with Crippen molar-refractivity contribution in [1.82, 2.24) is 0 Å². The van der Waals surface area contributed by atoms with Crippen molar-refractivity contribution in [2.24, 2.45) is 29.1 Å². The molecule has 0 nitrogen and oxygen atoms in total. The van der Waals surface area contributed by atoms with Gasteiger partial charge in [-0.05, 0) is 54.8 Å². The summed E-state index contributed by atoms with van der Waals surface area (Å²) in [5.41, 5.74) is 0.824. The van der Waals surface area contributed by atoms with Crippen LogP contribution >= 0.6 is 0 Å².